The molecule has 2 rings (SSSR count). The van der Waals surface area contributed by atoms with E-state index in [0.29, 0.717) is 11.3 Å². The van der Waals surface area contributed by atoms with Crippen molar-refractivity contribution < 1.29 is 14.3 Å². The average molecular weight is 311 g/mol. The van der Waals surface area contributed by atoms with Crippen LogP contribution >= 0.6 is 0 Å². The predicted octanol–water partition coefficient (Wildman–Crippen LogP) is 4.18. The van der Waals surface area contributed by atoms with Gasteiger partial charge in [0.05, 0.1) is 0 Å². The molecule has 23 heavy (non-hydrogen) atoms. The molecule has 0 atom stereocenters. The molecule has 120 valence electrons. The van der Waals surface area contributed by atoms with Crippen LogP contribution in [0, 0.1) is 0 Å². The second-order valence-corrected chi connectivity index (χ2v) is 6.31. The summed E-state index contributed by atoms with van der Waals surface area (Å²) < 4.78 is 5.42. The third-order valence-corrected chi connectivity index (χ3v) is 3.54. The number of hydrogen-bond donors (Lipinski definition) is 1. The summed E-state index contributed by atoms with van der Waals surface area (Å²) in [6.45, 7) is 6.22. The Labute approximate surface area is 136 Å². The van der Waals surface area contributed by atoms with Crippen LogP contribution < -0.4 is 10.1 Å². The van der Waals surface area contributed by atoms with E-state index in [1.54, 1.807) is 18.2 Å². The number of rotatable bonds is 3. The highest BCUT2D eigenvalue weighted by atomic mass is 16.6. The minimum atomic E-state index is -0.496. The van der Waals surface area contributed by atoms with E-state index in [1.807, 2.05) is 24.3 Å². The molecule has 0 aromatic heterocycles. The zero-order valence-corrected chi connectivity index (χ0v) is 13.8. The molecule has 0 bridgehead atoms. The summed E-state index contributed by atoms with van der Waals surface area (Å²) in [7, 11) is 1.53. The zero-order chi connectivity index (χ0) is 17.0. The molecular formula is C19H21NO3. The van der Waals surface area contributed by atoms with Crippen molar-refractivity contribution in [2.45, 2.75) is 26.2 Å². The normalized spacial score (nSPS) is 11.0. The van der Waals surface area contributed by atoms with E-state index in [2.05, 4.69) is 26.1 Å². The van der Waals surface area contributed by atoms with Crippen molar-refractivity contribution in [1.29, 1.82) is 0 Å². The van der Waals surface area contributed by atoms with Crippen molar-refractivity contribution in [1.82, 2.24) is 5.32 Å². The van der Waals surface area contributed by atoms with E-state index in [4.69, 9.17) is 4.74 Å². The van der Waals surface area contributed by atoms with Crippen LogP contribution in [0.3, 0.4) is 0 Å². The third kappa shape index (κ3) is 3.77. The Morgan fingerprint density at radius 3 is 2.26 bits per heavy atom. The van der Waals surface area contributed by atoms with Gasteiger partial charge in [0, 0.05) is 18.2 Å². The van der Waals surface area contributed by atoms with Gasteiger partial charge in [0.15, 0.2) is 0 Å². The minimum Gasteiger partial charge on any atom is -0.410 e. The van der Waals surface area contributed by atoms with Gasteiger partial charge >= 0.3 is 6.09 Å². The Morgan fingerprint density at radius 1 is 1.09 bits per heavy atom. The second kappa shape index (κ2) is 6.65. The fourth-order valence-electron chi connectivity index (χ4n) is 2.52. The van der Waals surface area contributed by atoms with Gasteiger partial charge in [-0.2, -0.15) is 0 Å². The average Bonchev–Trinajstić information content (AvgIpc) is 2.53. The van der Waals surface area contributed by atoms with Crippen LogP contribution in [-0.4, -0.2) is 19.4 Å². The molecule has 1 N–H and O–H groups in total. The third-order valence-electron chi connectivity index (χ3n) is 3.54. The number of aldehydes is 1. The summed E-state index contributed by atoms with van der Waals surface area (Å²) in [5.74, 6) is 0.536. The van der Waals surface area contributed by atoms with Gasteiger partial charge in [0.25, 0.3) is 0 Å². The van der Waals surface area contributed by atoms with Gasteiger partial charge in [0.1, 0.15) is 12.0 Å². The lowest BCUT2D eigenvalue weighted by molar-refractivity contribution is 0.112. The quantitative estimate of drug-likeness (QED) is 0.865. The SMILES string of the molecule is CNC(=O)Oc1cccc(-c2ccc(C=O)cc2)c1C(C)(C)C. The molecule has 0 aliphatic heterocycles. The molecule has 0 unspecified atom stereocenters. The van der Waals surface area contributed by atoms with Gasteiger partial charge in [-0.3, -0.25) is 4.79 Å². The first-order valence-corrected chi connectivity index (χ1v) is 7.45. The summed E-state index contributed by atoms with van der Waals surface area (Å²) in [4.78, 5) is 22.4. The molecule has 0 spiro atoms. The molecule has 4 nitrogen and oxygen atoms in total. The first-order chi connectivity index (χ1) is 10.9. The summed E-state index contributed by atoms with van der Waals surface area (Å²) >= 11 is 0. The summed E-state index contributed by atoms with van der Waals surface area (Å²) in [6, 6.07) is 13.0. The molecule has 0 heterocycles. The number of ether oxygens (including phenoxy) is 1. The van der Waals surface area contributed by atoms with Gasteiger partial charge in [0.2, 0.25) is 0 Å². The van der Waals surface area contributed by atoms with Crippen LogP contribution in [0.15, 0.2) is 42.5 Å². The minimum absolute atomic E-state index is 0.219. The molecule has 0 saturated carbocycles. The van der Waals surface area contributed by atoms with Crippen LogP contribution in [0.4, 0.5) is 4.79 Å². The number of carbonyl (C=O) groups excluding carboxylic acids is 2. The molecule has 1 amide bonds. The molecule has 0 fully saturated rings. The van der Waals surface area contributed by atoms with Gasteiger partial charge in [-0.25, -0.2) is 4.79 Å². The largest absolute Gasteiger partial charge is 0.412 e. The monoisotopic (exact) mass is 311 g/mol. The van der Waals surface area contributed by atoms with E-state index in [1.165, 1.54) is 7.05 Å². The second-order valence-electron chi connectivity index (χ2n) is 6.31. The van der Waals surface area contributed by atoms with Gasteiger partial charge < -0.3 is 10.1 Å². The van der Waals surface area contributed by atoms with E-state index < -0.39 is 6.09 Å². The van der Waals surface area contributed by atoms with E-state index in [0.717, 1.165) is 23.0 Å². The van der Waals surface area contributed by atoms with Crippen LogP contribution in [0.5, 0.6) is 5.75 Å². The maximum Gasteiger partial charge on any atom is 0.412 e. The fourth-order valence-corrected chi connectivity index (χ4v) is 2.52. The Hall–Kier alpha value is -2.62. The number of benzene rings is 2. The topological polar surface area (TPSA) is 55.4 Å². The predicted molar refractivity (Wildman–Crippen MR) is 91.0 cm³/mol. The Balaban J connectivity index is 2.60. The number of carbonyl (C=O) groups is 2. The van der Waals surface area contributed by atoms with E-state index >= 15 is 0 Å². The maximum absolute atomic E-state index is 11.6. The summed E-state index contributed by atoms with van der Waals surface area (Å²) in [6.07, 6.45) is 0.323. The van der Waals surface area contributed by atoms with Gasteiger partial charge in [-0.05, 0) is 22.6 Å². The Kier molecular flexibility index (Phi) is 4.84. The molecule has 0 radical (unpaired) electrons. The smallest absolute Gasteiger partial charge is 0.410 e. The van der Waals surface area contributed by atoms with Gasteiger partial charge in [-0.15, -0.1) is 0 Å². The lowest BCUT2D eigenvalue weighted by atomic mass is 9.81. The van der Waals surface area contributed by atoms with Crippen molar-refractivity contribution in [2.24, 2.45) is 0 Å². The summed E-state index contributed by atoms with van der Waals surface area (Å²) in [5, 5.41) is 2.47. The van der Waals surface area contributed by atoms with Gasteiger partial charge in [-0.1, -0.05) is 57.2 Å². The lowest BCUT2D eigenvalue weighted by Gasteiger charge is -2.26. The maximum atomic E-state index is 11.6. The molecular weight excluding hydrogens is 290 g/mol. The summed E-state index contributed by atoms with van der Waals surface area (Å²) in [5.41, 5.74) is 3.31. The molecule has 0 saturated heterocycles. The van der Waals surface area contributed by atoms with Crippen molar-refractivity contribution in [3.05, 3.63) is 53.6 Å². The molecule has 0 aliphatic carbocycles. The van der Waals surface area contributed by atoms with Crippen LogP contribution in [0.1, 0.15) is 36.7 Å². The number of nitrogens with one attached hydrogen (secondary N) is 1. The number of hydrogen-bond acceptors (Lipinski definition) is 3. The van der Waals surface area contributed by atoms with E-state index in [9.17, 15) is 9.59 Å². The van der Waals surface area contributed by atoms with Crippen molar-refractivity contribution in [3.8, 4) is 16.9 Å². The Morgan fingerprint density at radius 2 is 1.74 bits per heavy atom. The lowest BCUT2D eigenvalue weighted by Crippen LogP contribution is -2.24. The van der Waals surface area contributed by atoms with Crippen LogP contribution in [0.2, 0.25) is 0 Å². The standard InChI is InChI=1S/C19H21NO3/c1-19(2,3)17-15(14-10-8-13(12-21)9-11-14)6-5-7-16(17)23-18(22)20-4/h5-12H,1-4H3,(H,20,22). The highest BCUT2D eigenvalue weighted by Crippen LogP contribution is 2.39. The molecule has 4 heteroatoms. The number of amides is 1. The first kappa shape index (κ1) is 16.7. The first-order valence-electron chi connectivity index (χ1n) is 7.45. The van der Waals surface area contributed by atoms with Crippen molar-refractivity contribution >= 4 is 12.4 Å². The molecule has 2 aromatic rings. The van der Waals surface area contributed by atoms with E-state index in [-0.39, 0.29) is 5.41 Å². The molecule has 2 aromatic carbocycles. The highest BCUT2D eigenvalue weighted by Gasteiger charge is 2.24. The van der Waals surface area contributed by atoms with Crippen LogP contribution in [0.25, 0.3) is 11.1 Å². The van der Waals surface area contributed by atoms with Crippen LogP contribution in [-0.2, 0) is 5.41 Å². The van der Waals surface area contributed by atoms with Crippen molar-refractivity contribution in [2.75, 3.05) is 7.05 Å². The highest BCUT2D eigenvalue weighted by molar-refractivity contribution is 5.79. The fraction of sp³-hybridized carbons (Fsp3) is 0.263. The zero-order valence-electron chi connectivity index (χ0n) is 13.8. The molecule has 0 aliphatic rings. The van der Waals surface area contributed by atoms with Crippen molar-refractivity contribution in [3.63, 3.8) is 0 Å². The Bertz CT molecular complexity index is 712.